The molecule has 24 heavy (non-hydrogen) atoms. The second-order valence-electron chi connectivity index (χ2n) is 7.32. The molecule has 0 bridgehead atoms. The third kappa shape index (κ3) is 12.8. The SMILES string of the molecule is CCCCCCCCCCCCCCCCC(=O)OC1CCOC1. The monoisotopic (exact) mass is 340 g/mol. The van der Waals surface area contributed by atoms with Crippen LogP contribution in [0.2, 0.25) is 0 Å². The first kappa shape index (κ1) is 21.5. The fourth-order valence-corrected chi connectivity index (χ4v) is 3.31. The number of esters is 1. The average Bonchev–Trinajstić information content (AvgIpc) is 3.08. The molecule has 3 nitrogen and oxygen atoms in total. The van der Waals surface area contributed by atoms with Gasteiger partial charge in [-0.05, 0) is 6.42 Å². The van der Waals surface area contributed by atoms with Crippen molar-refractivity contribution in [1.82, 2.24) is 0 Å². The maximum absolute atomic E-state index is 11.6. The van der Waals surface area contributed by atoms with Gasteiger partial charge in [-0.15, -0.1) is 0 Å². The van der Waals surface area contributed by atoms with Crippen LogP contribution in [-0.2, 0) is 14.3 Å². The predicted octanol–water partition coefficient (Wildman–Crippen LogP) is 6.19. The summed E-state index contributed by atoms with van der Waals surface area (Å²) < 4.78 is 10.6. The van der Waals surface area contributed by atoms with Gasteiger partial charge in [0.05, 0.1) is 13.2 Å². The topological polar surface area (TPSA) is 35.5 Å². The first-order valence-corrected chi connectivity index (χ1v) is 10.6. The summed E-state index contributed by atoms with van der Waals surface area (Å²) >= 11 is 0. The number of hydrogen-bond acceptors (Lipinski definition) is 3. The van der Waals surface area contributed by atoms with Gasteiger partial charge in [-0.3, -0.25) is 4.79 Å². The molecule has 1 heterocycles. The van der Waals surface area contributed by atoms with Crippen LogP contribution in [0.25, 0.3) is 0 Å². The molecular weight excluding hydrogens is 300 g/mol. The smallest absolute Gasteiger partial charge is 0.306 e. The van der Waals surface area contributed by atoms with Gasteiger partial charge >= 0.3 is 5.97 Å². The summed E-state index contributed by atoms with van der Waals surface area (Å²) in [7, 11) is 0. The van der Waals surface area contributed by atoms with Crippen LogP contribution in [0.5, 0.6) is 0 Å². The van der Waals surface area contributed by atoms with Crippen molar-refractivity contribution < 1.29 is 14.3 Å². The molecule has 1 saturated heterocycles. The molecule has 0 aromatic rings. The molecule has 1 unspecified atom stereocenters. The van der Waals surface area contributed by atoms with Crippen LogP contribution in [0.4, 0.5) is 0 Å². The van der Waals surface area contributed by atoms with E-state index in [1.54, 1.807) is 0 Å². The van der Waals surface area contributed by atoms with Gasteiger partial charge in [0.15, 0.2) is 0 Å². The molecule has 1 aliphatic heterocycles. The third-order valence-electron chi connectivity index (χ3n) is 4.92. The molecule has 0 amide bonds. The molecule has 0 aliphatic carbocycles. The largest absolute Gasteiger partial charge is 0.460 e. The van der Waals surface area contributed by atoms with E-state index in [0.717, 1.165) is 25.9 Å². The number of rotatable bonds is 16. The van der Waals surface area contributed by atoms with Crippen LogP contribution in [0.15, 0.2) is 0 Å². The quantitative estimate of drug-likeness (QED) is 0.248. The summed E-state index contributed by atoms with van der Waals surface area (Å²) in [6.45, 7) is 3.60. The zero-order valence-corrected chi connectivity index (χ0v) is 16.0. The number of carbonyl (C=O) groups is 1. The maximum atomic E-state index is 11.6. The van der Waals surface area contributed by atoms with E-state index >= 15 is 0 Å². The molecule has 0 aromatic heterocycles. The highest BCUT2D eigenvalue weighted by atomic mass is 16.6. The Morgan fingerprint density at radius 2 is 1.33 bits per heavy atom. The van der Waals surface area contributed by atoms with Gasteiger partial charge in [0.1, 0.15) is 6.10 Å². The predicted molar refractivity (Wildman–Crippen MR) is 100 cm³/mol. The lowest BCUT2D eigenvalue weighted by molar-refractivity contribution is -0.149. The number of unbranched alkanes of at least 4 members (excludes halogenated alkanes) is 13. The maximum Gasteiger partial charge on any atom is 0.306 e. The standard InChI is InChI=1S/C21H40O3/c1-2-3-4-5-6-7-8-9-10-11-12-13-14-15-16-21(22)24-20-17-18-23-19-20/h20H,2-19H2,1H3. The van der Waals surface area contributed by atoms with Gasteiger partial charge in [-0.1, -0.05) is 90.4 Å². The molecule has 0 aromatic carbocycles. The Morgan fingerprint density at radius 3 is 1.79 bits per heavy atom. The Morgan fingerprint density at radius 1 is 0.833 bits per heavy atom. The van der Waals surface area contributed by atoms with Gasteiger partial charge in [0.25, 0.3) is 0 Å². The fourth-order valence-electron chi connectivity index (χ4n) is 3.31. The van der Waals surface area contributed by atoms with Crippen molar-refractivity contribution in [2.45, 2.75) is 116 Å². The Labute approximate surface area is 149 Å². The van der Waals surface area contributed by atoms with Crippen molar-refractivity contribution in [1.29, 1.82) is 0 Å². The third-order valence-corrected chi connectivity index (χ3v) is 4.92. The Kier molecular flexibility index (Phi) is 14.3. The second kappa shape index (κ2) is 15.9. The van der Waals surface area contributed by atoms with Crippen LogP contribution < -0.4 is 0 Å². The van der Waals surface area contributed by atoms with E-state index in [2.05, 4.69) is 6.92 Å². The molecular formula is C21H40O3. The van der Waals surface area contributed by atoms with Crippen LogP contribution in [-0.4, -0.2) is 25.3 Å². The fraction of sp³-hybridized carbons (Fsp3) is 0.952. The van der Waals surface area contributed by atoms with E-state index < -0.39 is 0 Å². The lowest BCUT2D eigenvalue weighted by Gasteiger charge is -2.09. The highest BCUT2D eigenvalue weighted by Gasteiger charge is 2.19. The van der Waals surface area contributed by atoms with Gasteiger partial charge in [0, 0.05) is 12.8 Å². The van der Waals surface area contributed by atoms with Crippen molar-refractivity contribution >= 4 is 5.97 Å². The molecule has 0 radical (unpaired) electrons. The lowest BCUT2D eigenvalue weighted by Crippen LogP contribution is -2.17. The summed E-state index contributed by atoms with van der Waals surface area (Å²) in [5.74, 6) is -0.0376. The van der Waals surface area contributed by atoms with Crippen molar-refractivity contribution in [3.8, 4) is 0 Å². The Balaban J connectivity index is 1.72. The molecule has 0 saturated carbocycles. The van der Waals surface area contributed by atoms with Gasteiger partial charge in [-0.2, -0.15) is 0 Å². The van der Waals surface area contributed by atoms with E-state index in [4.69, 9.17) is 9.47 Å². The summed E-state index contributed by atoms with van der Waals surface area (Å²) in [5, 5.41) is 0. The average molecular weight is 341 g/mol. The Bertz CT molecular complexity index is 285. The number of hydrogen-bond donors (Lipinski definition) is 0. The molecule has 1 rings (SSSR count). The van der Waals surface area contributed by atoms with Gasteiger partial charge < -0.3 is 9.47 Å². The van der Waals surface area contributed by atoms with Crippen LogP contribution >= 0.6 is 0 Å². The molecule has 0 N–H and O–H groups in total. The van der Waals surface area contributed by atoms with E-state index in [1.807, 2.05) is 0 Å². The minimum absolute atomic E-state index is 0.0177. The number of ether oxygens (including phenoxy) is 2. The summed E-state index contributed by atoms with van der Waals surface area (Å²) in [6.07, 6.45) is 20.2. The Hall–Kier alpha value is -0.570. The van der Waals surface area contributed by atoms with Crippen molar-refractivity contribution in [3.05, 3.63) is 0 Å². The zero-order chi connectivity index (χ0) is 17.3. The molecule has 1 fully saturated rings. The van der Waals surface area contributed by atoms with Crippen LogP contribution in [0, 0.1) is 0 Å². The summed E-state index contributed by atoms with van der Waals surface area (Å²) in [5.41, 5.74) is 0. The molecule has 142 valence electrons. The normalized spacial score (nSPS) is 17.3. The zero-order valence-electron chi connectivity index (χ0n) is 16.0. The van der Waals surface area contributed by atoms with Gasteiger partial charge in [0.2, 0.25) is 0 Å². The van der Waals surface area contributed by atoms with E-state index in [1.165, 1.54) is 77.0 Å². The van der Waals surface area contributed by atoms with Crippen molar-refractivity contribution in [2.24, 2.45) is 0 Å². The van der Waals surface area contributed by atoms with E-state index in [-0.39, 0.29) is 12.1 Å². The van der Waals surface area contributed by atoms with Crippen LogP contribution in [0.3, 0.4) is 0 Å². The molecule has 1 atom stereocenters. The molecule has 3 heteroatoms. The minimum atomic E-state index is -0.0376. The lowest BCUT2D eigenvalue weighted by atomic mass is 10.0. The minimum Gasteiger partial charge on any atom is -0.460 e. The van der Waals surface area contributed by atoms with E-state index in [0.29, 0.717) is 13.0 Å². The van der Waals surface area contributed by atoms with Crippen molar-refractivity contribution in [3.63, 3.8) is 0 Å². The highest BCUT2D eigenvalue weighted by Crippen LogP contribution is 2.14. The summed E-state index contributed by atoms with van der Waals surface area (Å²) in [6, 6.07) is 0. The first-order chi connectivity index (χ1) is 11.8. The van der Waals surface area contributed by atoms with Crippen molar-refractivity contribution in [2.75, 3.05) is 13.2 Å². The summed E-state index contributed by atoms with van der Waals surface area (Å²) in [4.78, 5) is 11.6. The van der Waals surface area contributed by atoms with Gasteiger partial charge in [-0.25, -0.2) is 0 Å². The van der Waals surface area contributed by atoms with E-state index in [9.17, 15) is 4.79 Å². The highest BCUT2D eigenvalue weighted by molar-refractivity contribution is 5.69. The second-order valence-corrected chi connectivity index (χ2v) is 7.32. The first-order valence-electron chi connectivity index (χ1n) is 10.6. The molecule has 0 spiro atoms. The van der Waals surface area contributed by atoms with Crippen LogP contribution in [0.1, 0.15) is 110 Å². The number of carbonyl (C=O) groups excluding carboxylic acids is 1. The molecule has 1 aliphatic rings.